The quantitative estimate of drug-likeness (QED) is 0.442. The highest BCUT2D eigenvalue weighted by atomic mass is 35.5. The minimum absolute atomic E-state index is 0.0707. The number of rotatable bonds is 8. The highest BCUT2D eigenvalue weighted by molar-refractivity contribution is 6.30. The maximum absolute atomic E-state index is 12.8. The highest BCUT2D eigenvalue weighted by Crippen LogP contribution is 2.31. The molecule has 8 heteroatoms. The Morgan fingerprint density at radius 2 is 1.79 bits per heavy atom. The molecule has 180 valence electrons. The summed E-state index contributed by atoms with van der Waals surface area (Å²) in [6.45, 7) is 11.1. The second kappa shape index (κ2) is 11.0. The monoisotopic (exact) mass is 481 g/mol. The Bertz CT molecular complexity index is 1090. The number of aromatic nitrogens is 3. The van der Waals surface area contributed by atoms with Crippen LogP contribution in [-0.2, 0) is 6.54 Å². The number of amides is 1. The van der Waals surface area contributed by atoms with Crippen molar-refractivity contribution in [1.82, 2.24) is 24.6 Å². The van der Waals surface area contributed by atoms with Gasteiger partial charge >= 0.3 is 0 Å². The summed E-state index contributed by atoms with van der Waals surface area (Å²) in [6, 6.07) is 11.7. The van der Waals surface area contributed by atoms with Crippen LogP contribution < -0.4 is 4.74 Å². The van der Waals surface area contributed by atoms with Crippen LogP contribution in [0.15, 0.2) is 49.1 Å². The van der Waals surface area contributed by atoms with Gasteiger partial charge in [0.15, 0.2) is 0 Å². The number of nitrogens with zero attached hydrogens (tertiary/aromatic N) is 5. The van der Waals surface area contributed by atoms with Gasteiger partial charge in [-0.05, 0) is 67.8 Å². The third-order valence-electron chi connectivity index (χ3n) is 6.73. The number of piperazine rings is 1. The number of benzene rings is 2. The molecule has 0 radical (unpaired) electrons. The molecule has 0 N–H and O–H groups in total. The Hall–Kier alpha value is -2.90. The summed E-state index contributed by atoms with van der Waals surface area (Å²) < 4.78 is 7.87. The SMILES string of the molecule is Cc1c(OCCCn2cncn2)ccc([C@@H](C)N2CCN(C(=O)c3ccc(Cl)cc3)CC2)c1C. The third-order valence-corrected chi connectivity index (χ3v) is 6.98. The molecule has 34 heavy (non-hydrogen) atoms. The van der Waals surface area contributed by atoms with Crippen molar-refractivity contribution in [2.75, 3.05) is 32.8 Å². The first kappa shape index (κ1) is 24.2. The lowest BCUT2D eigenvalue weighted by atomic mass is 9.96. The average Bonchev–Trinajstić information content (AvgIpc) is 3.38. The van der Waals surface area contributed by atoms with E-state index >= 15 is 0 Å². The highest BCUT2D eigenvalue weighted by Gasteiger charge is 2.26. The van der Waals surface area contributed by atoms with Gasteiger partial charge in [-0.1, -0.05) is 17.7 Å². The Labute approximate surface area is 206 Å². The molecule has 2 aromatic carbocycles. The van der Waals surface area contributed by atoms with Crippen molar-refractivity contribution in [3.63, 3.8) is 0 Å². The van der Waals surface area contributed by atoms with Crippen molar-refractivity contribution >= 4 is 17.5 Å². The first-order valence-corrected chi connectivity index (χ1v) is 12.2. The first-order chi connectivity index (χ1) is 16.4. The molecule has 2 heterocycles. The normalized spacial score (nSPS) is 15.4. The van der Waals surface area contributed by atoms with Gasteiger partial charge < -0.3 is 9.64 Å². The van der Waals surface area contributed by atoms with Crippen molar-refractivity contribution in [3.8, 4) is 5.75 Å². The van der Waals surface area contributed by atoms with E-state index in [4.69, 9.17) is 16.3 Å². The van der Waals surface area contributed by atoms with E-state index in [1.165, 1.54) is 16.7 Å². The van der Waals surface area contributed by atoms with Crippen LogP contribution in [0, 0.1) is 13.8 Å². The molecule has 1 amide bonds. The fourth-order valence-electron chi connectivity index (χ4n) is 4.47. The Balaban J connectivity index is 1.32. The lowest BCUT2D eigenvalue weighted by molar-refractivity contribution is 0.0581. The van der Waals surface area contributed by atoms with Crippen LogP contribution in [0.2, 0.25) is 5.02 Å². The van der Waals surface area contributed by atoms with Gasteiger partial charge in [-0.2, -0.15) is 5.10 Å². The van der Waals surface area contributed by atoms with Crippen LogP contribution in [0.4, 0.5) is 0 Å². The number of carbonyl (C=O) groups is 1. The van der Waals surface area contributed by atoms with E-state index in [1.807, 2.05) is 9.58 Å². The van der Waals surface area contributed by atoms with Crippen LogP contribution in [0.5, 0.6) is 5.75 Å². The fraction of sp³-hybridized carbons (Fsp3) is 0.423. The van der Waals surface area contributed by atoms with Crippen molar-refractivity contribution in [3.05, 3.63) is 76.3 Å². The summed E-state index contributed by atoms with van der Waals surface area (Å²) in [4.78, 5) is 21.2. The lowest BCUT2D eigenvalue weighted by Gasteiger charge is -2.39. The zero-order valence-electron chi connectivity index (χ0n) is 20.1. The summed E-state index contributed by atoms with van der Waals surface area (Å²) in [5, 5.41) is 4.76. The molecule has 1 fully saturated rings. The molecule has 0 bridgehead atoms. The van der Waals surface area contributed by atoms with Crippen molar-refractivity contribution < 1.29 is 9.53 Å². The molecule has 1 aliphatic rings. The van der Waals surface area contributed by atoms with Gasteiger partial charge in [-0.25, -0.2) is 4.98 Å². The summed E-state index contributed by atoms with van der Waals surface area (Å²) in [6.07, 6.45) is 4.14. The number of halogens is 1. The first-order valence-electron chi connectivity index (χ1n) is 11.8. The molecule has 4 rings (SSSR count). The number of hydrogen-bond acceptors (Lipinski definition) is 5. The maximum Gasteiger partial charge on any atom is 0.253 e. The topological polar surface area (TPSA) is 63.5 Å². The second-order valence-corrected chi connectivity index (χ2v) is 9.21. The summed E-state index contributed by atoms with van der Waals surface area (Å²) >= 11 is 5.95. The lowest BCUT2D eigenvalue weighted by Crippen LogP contribution is -2.49. The van der Waals surface area contributed by atoms with E-state index in [2.05, 4.69) is 47.9 Å². The van der Waals surface area contributed by atoms with Crippen LogP contribution >= 0.6 is 11.6 Å². The summed E-state index contributed by atoms with van der Waals surface area (Å²) in [7, 11) is 0. The predicted octanol–water partition coefficient (Wildman–Crippen LogP) is 4.54. The van der Waals surface area contributed by atoms with Gasteiger partial charge in [0.2, 0.25) is 0 Å². The largest absolute Gasteiger partial charge is 0.493 e. The van der Waals surface area contributed by atoms with Gasteiger partial charge in [-0.15, -0.1) is 0 Å². The molecule has 1 atom stereocenters. The zero-order valence-corrected chi connectivity index (χ0v) is 20.8. The third kappa shape index (κ3) is 5.59. The smallest absolute Gasteiger partial charge is 0.253 e. The zero-order chi connectivity index (χ0) is 24.1. The van der Waals surface area contributed by atoms with Gasteiger partial charge in [0.05, 0.1) is 6.61 Å². The van der Waals surface area contributed by atoms with Crippen LogP contribution in [0.1, 0.15) is 46.4 Å². The van der Waals surface area contributed by atoms with E-state index in [0.717, 1.165) is 44.9 Å². The van der Waals surface area contributed by atoms with Crippen LogP contribution in [0.3, 0.4) is 0 Å². The number of hydrogen-bond donors (Lipinski definition) is 0. The average molecular weight is 482 g/mol. The van der Waals surface area contributed by atoms with Crippen molar-refractivity contribution in [2.45, 2.75) is 39.8 Å². The van der Waals surface area contributed by atoms with Crippen molar-refractivity contribution in [1.29, 1.82) is 0 Å². The Kier molecular flexibility index (Phi) is 7.85. The Morgan fingerprint density at radius 3 is 2.47 bits per heavy atom. The summed E-state index contributed by atoms with van der Waals surface area (Å²) in [5.74, 6) is 1.01. The standard InChI is InChI=1S/C26H32ClN5O2/c1-19-20(2)25(34-16-4-11-32-18-28-17-29-32)10-9-24(19)21(3)30-12-14-31(15-13-30)26(33)22-5-7-23(27)8-6-22/h5-10,17-18,21H,4,11-16H2,1-3H3/t21-/m1/s1. The molecule has 0 spiro atoms. The molecule has 7 nitrogen and oxygen atoms in total. The molecule has 3 aromatic rings. The number of carbonyl (C=O) groups excluding carboxylic acids is 1. The van der Waals surface area contributed by atoms with Gasteiger partial charge in [-0.3, -0.25) is 14.4 Å². The minimum atomic E-state index is 0.0707. The molecule has 0 saturated carbocycles. The molecule has 1 aliphatic heterocycles. The van der Waals surface area contributed by atoms with E-state index in [-0.39, 0.29) is 11.9 Å². The molecule has 0 aliphatic carbocycles. The van der Waals surface area contributed by atoms with Gasteiger partial charge in [0.1, 0.15) is 18.4 Å². The van der Waals surface area contributed by atoms with Gasteiger partial charge in [0.25, 0.3) is 5.91 Å². The molecular weight excluding hydrogens is 450 g/mol. The number of ether oxygens (including phenoxy) is 1. The van der Waals surface area contributed by atoms with Crippen LogP contribution in [0.25, 0.3) is 0 Å². The van der Waals surface area contributed by atoms with E-state index < -0.39 is 0 Å². The summed E-state index contributed by atoms with van der Waals surface area (Å²) in [5.41, 5.74) is 4.45. The number of aryl methyl sites for hydroxylation is 1. The minimum Gasteiger partial charge on any atom is -0.493 e. The van der Waals surface area contributed by atoms with E-state index in [1.54, 1.807) is 36.9 Å². The molecule has 1 aromatic heterocycles. The van der Waals surface area contributed by atoms with E-state index in [9.17, 15) is 4.79 Å². The van der Waals surface area contributed by atoms with E-state index in [0.29, 0.717) is 17.2 Å². The molecular formula is C26H32ClN5O2. The Morgan fingerprint density at radius 1 is 1.06 bits per heavy atom. The predicted molar refractivity (Wildman–Crippen MR) is 133 cm³/mol. The second-order valence-electron chi connectivity index (χ2n) is 8.77. The maximum atomic E-state index is 12.8. The van der Waals surface area contributed by atoms with Crippen LogP contribution in [-0.4, -0.2) is 63.3 Å². The molecule has 0 unspecified atom stereocenters. The fourth-order valence-corrected chi connectivity index (χ4v) is 4.59. The van der Waals surface area contributed by atoms with Gasteiger partial charge in [0, 0.05) is 55.8 Å². The van der Waals surface area contributed by atoms with Crippen molar-refractivity contribution in [2.24, 2.45) is 0 Å². The molecule has 1 saturated heterocycles.